The predicted octanol–water partition coefficient (Wildman–Crippen LogP) is 6.03. The monoisotopic (exact) mass is 427 g/mol. The number of anilines is 1. The number of aryl methyl sites for hydroxylation is 4. The van der Waals surface area contributed by atoms with Crippen molar-refractivity contribution in [2.75, 3.05) is 4.90 Å². The summed E-state index contributed by atoms with van der Waals surface area (Å²) in [6, 6.07) is 14.4. The Balaban J connectivity index is 1.56. The molecule has 0 saturated carbocycles. The first-order valence-electron chi connectivity index (χ1n) is 10.8. The zero-order chi connectivity index (χ0) is 21.4. The van der Waals surface area contributed by atoms with Crippen molar-refractivity contribution in [3.05, 3.63) is 88.2 Å². The first-order valence-corrected chi connectivity index (χ1v) is 11.6. The summed E-state index contributed by atoms with van der Waals surface area (Å²) in [5, 5.41) is 0.728. The fourth-order valence-corrected chi connectivity index (χ4v) is 5.25. The highest BCUT2D eigenvalue weighted by molar-refractivity contribution is 7.22. The molecule has 4 aromatic rings. The molecule has 0 radical (unpaired) electrons. The Bertz CT molecular complexity index is 1220. The Morgan fingerprint density at radius 1 is 1.03 bits per heavy atom. The maximum Gasteiger partial charge on any atom is 0.260 e. The topological polar surface area (TPSA) is 46.1 Å². The normalized spacial score (nSPS) is 13.2. The van der Waals surface area contributed by atoms with Crippen molar-refractivity contribution >= 4 is 32.6 Å². The lowest BCUT2D eigenvalue weighted by molar-refractivity contribution is 0.0985. The van der Waals surface area contributed by atoms with Gasteiger partial charge in [0.05, 0.1) is 16.8 Å². The van der Waals surface area contributed by atoms with Crippen molar-refractivity contribution < 1.29 is 4.79 Å². The molecular weight excluding hydrogens is 402 g/mol. The molecule has 2 heterocycles. The van der Waals surface area contributed by atoms with Crippen LogP contribution in [0.25, 0.3) is 10.2 Å². The third kappa shape index (κ3) is 3.98. The standard InChI is InChI=1S/C26H25N3OS/c1-17-12-23-24(13-18(17)2)31-26(28-23)29(16-19-6-5-11-27-15-19)25(30)22-10-9-20-7-3-4-8-21(20)14-22/h5-6,9-15H,3-4,7-8,16H2,1-2H3. The minimum Gasteiger partial charge on any atom is -0.279 e. The highest BCUT2D eigenvalue weighted by atomic mass is 32.1. The third-order valence-corrected chi connectivity index (χ3v) is 7.17. The quantitative estimate of drug-likeness (QED) is 0.399. The van der Waals surface area contributed by atoms with E-state index >= 15 is 0 Å². The van der Waals surface area contributed by atoms with Crippen LogP contribution in [-0.4, -0.2) is 15.9 Å². The van der Waals surface area contributed by atoms with E-state index in [0.29, 0.717) is 6.54 Å². The van der Waals surface area contributed by atoms with Crippen LogP contribution in [0, 0.1) is 13.8 Å². The Kier molecular flexibility index (Phi) is 5.28. The summed E-state index contributed by atoms with van der Waals surface area (Å²) in [6.07, 6.45) is 8.16. The fourth-order valence-electron chi connectivity index (χ4n) is 4.21. The lowest BCUT2D eigenvalue weighted by Gasteiger charge is -2.22. The number of amides is 1. The van der Waals surface area contributed by atoms with Crippen LogP contribution < -0.4 is 4.90 Å². The Hall–Kier alpha value is -3.05. The highest BCUT2D eigenvalue weighted by Crippen LogP contribution is 2.33. The zero-order valence-corrected chi connectivity index (χ0v) is 18.7. The molecule has 4 nitrogen and oxygen atoms in total. The van der Waals surface area contributed by atoms with Gasteiger partial charge < -0.3 is 0 Å². The molecule has 2 aromatic carbocycles. The third-order valence-electron chi connectivity index (χ3n) is 6.13. The van der Waals surface area contributed by atoms with Crippen molar-refractivity contribution in [2.45, 2.75) is 46.1 Å². The van der Waals surface area contributed by atoms with E-state index < -0.39 is 0 Å². The van der Waals surface area contributed by atoms with E-state index in [1.165, 1.54) is 35.1 Å². The van der Waals surface area contributed by atoms with Gasteiger partial charge in [0.1, 0.15) is 0 Å². The maximum absolute atomic E-state index is 13.7. The largest absolute Gasteiger partial charge is 0.279 e. The summed E-state index contributed by atoms with van der Waals surface area (Å²) in [7, 11) is 0. The number of nitrogens with zero attached hydrogens (tertiary/aromatic N) is 3. The van der Waals surface area contributed by atoms with E-state index in [1.54, 1.807) is 22.4 Å². The predicted molar refractivity (Wildman–Crippen MR) is 127 cm³/mol. The molecule has 31 heavy (non-hydrogen) atoms. The molecule has 0 fully saturated rings. The number of hydrogen-bond acceptors (Lipinski definition) is 4. The van der Waals surface area contributed by atoms with Gasteiger partial charge in [0.25, 0.3) is 5.91 Å². The minimum absolute atomic E-state index is 0.00951. The maximum atomic E-state index is 13.7. The number of carbonyl (C=O) groups is 1. The van der Waals surface area contributed by atoms with Crippen LogP contribution in [0.15, 0.2) is 54.9 Å². The van der Waals surface area contributed by atoms with Crippen molar-refractivity contribution in [1.82, 2.24) is 9.97 Å². The number of rotatable bonds is 4. The summed E-state index contributed by atoms with van der Waals surface area (Å²) in [6.45, 7) is 4.65. The van der Waals surface area contributed by atoms with Gasteiger partial charge in [-0.05, 0) is 97.7 Å². The van der Waals surface area contributed by atoms with Gasteiger partial charge in [-0.2, -0.15) is 0 Å². The van der Waals surface area contributed by atoms with E-state index in [2.05, 4.69) is 43.1 Å². The molecule has 5 rings (SSSR count). The van der Waals surface area contributed by atoms with E-state index in [1.807, 2.05) is 24.4 Å². The van der Waals surface area contributed by atoms with Crippen molar-refractivity contribution in [1.29, 1.82) is 0 Å². The molecule has 0 atom stereocenters. The fraction of sp³-hybridized carbons (Fsp3) is 0.269. The zero-order valence-electron chi connectivity index (χ0n) is 17.9. The summed E-state index contributed by atoms with van der Waals surface area (Å²) in [5.41, 5.74) is 7.81. The number of fused-ring (bicyclic) bond motifs is 2. The molecule has 1 amide bonds. The lowest BCUT2D eigenvalue weighted by atomic mass is 9.90. The summed E-state index contributed by atoms with van der Waals surface area (Å²) >= 11 is 1.57. The van der Waals surface area contributed by atoms with Crippen molar-refractivity contribution in [3.63, 3.8) is 0 Å². The second-order valence-electron chi connectivity index (χ2n) is 8.34. The summed E-state index contributed by atoms with van der Waals surface area (Å²) in [4.78, 5) is 24.6. The summed E-state index contributed by atoms with van der Waals surface area (Å²) < 4.78 is 1.10. The number of benzene rings is 2. The van der Waals surface area contributed by atoms with Gasteiger partial charge in [-0.15, -0.1) is 0 Å². The van der Waals surface area contributed by atoms with Gasteiger partial charge in [0, 0.05) is 18.0 Å². The van der Waals surface area contributed by atoms with Crippen LogP contribution >= 0.6 is 11.3 Å². The molecule has 1 aliphatic rings. The molecule has 1 aliphatic carbocycles. The van der Waals surface area contributed by atoms with Gasteiger partial charge in [-0.3, -0.25) is 14.7 Å². The molecule has 0 bridgehead atoms. The van der Waals surface area contributed by atoms with Crippen LogP contribution in [0.4, 0.5) is 5.13 Å². The molecule has 0 aliphatic heterocycles. The van der Waals surface area contributed by atoms with E-state index in [9.17, 15) is 4.79 Å². The Morgan fingerprint density at radius 3 is 2.65 bits per heavy atom. The van der Waals surface area contributed by atoms with Crippen LogP contribution in [0.3, 0.4) is 0 Å². The molecule has 0 unspecified atom stereocenters. The average Bonchev–Trinajstić information content (AvgIpc) is 3.20. The Labute approximate surface area is 186 Å². The van der Waals surface area contributed by atoms with E-state index in [0.717, 1.165) is 39.3 Å². The number of thiazole rings is 1. The van der Waals surface area contributed by atoms with Crippen LogP contribution in [-0.2, 0) is 19.4 Å². The molecule has 0 N–H and O–H groups in total. The molecule has 2 aromatic heterocycles. The molecular formula is C26H25N3OS. The van der Waals surface area contributed by atoms with Gasteiger partial charge >= 0.3 is 0 Å². The molecule has 0 saturated heterocycles. The average molecular weight is 428 g/mol. The highest BCUT2D eigenvalue weighted by Gasteiger charge is 2.23. The van der Waals surface area contributed by atoms with Crippen LogP contribution in [0.2, 0.25) is 0 Å². The number of hydrogen-bond donors (Lipinski definition) is 0. The van der Waals surface area contributed by atoms with E-state index in [-0.39, 0.29) is 5.91 Å². The van der Waals surface area contributed by atoms with Crippen LogP contribution in [0.1, 0.15) is 51.0 Å². The summed E-state index contributed by atoms with van der Waals surface area (Å²) in [5.74, 6) is -0.00951. The minimum atomic E-state index is -0.00951. The second kappa shape index (κ2) is 8.23. The van der Waals surface area contributed by atoms with Crippen molar-refractivity contribution in [2.24, 2.45) is 0 Å². The number of carbonyl (C=O) groups excluding carboxylic acids is 1. The SMILES string of the molecule is Cc1cc2nc(N(Cc3cccnc3)C(=O)c3ccc4c(c3)CCCC4)sc2cc1C. The lowest BCUT2D eigenvalue weighted by Crippen LogP contribution is -2.30. The van der Waals surface area contributed by atoms with E-state index in [4.69, 9.17) is 4.98 Å². The second-order valence-corrected chi connectivity index (χ2v) is 9.35. The van der Waals surface area contributed by atoms with Gasteiger partial charge in [-0.1, -0.05) is 23.5 Å². The first-order chi connectivity index (χ1) is 15.1. The molecule has 156 valence electrons. The van der Waals surface area contributed by atoms with Gasteiger partial charge in [-0.25, -0.2) is 4.98 Å². The first kappa shape index (κ1) is 19.9. The Morgan fingerprint density at radius 2 is 1.84 bits per heavy atom. The number of pyridine rings is 1. The van der Waals surface area contributed by atoms with Gasteiger partial charge in [0.15, 0.2) is 5.13 Å². The van der Waals surface area contributed by atoms with Crippen LogP contribution in [0.5, 0.6) is 0 Å². The smallest absolute Gasteiger partial charge is 0.260 e. The molecule has 5 heteroatoms. The van der Waals surface area contributed by atoms with Gasteiger partial charge in [0.2, 0.25) is 0 Å². The molecule has 0 spiro atoms. The number of aromatic nitrogens is 2. The van der Waals surface area contributed by atoms with Crippen molar-refractivity contribution in [3.8, 4) is 0 Å².